The second-order valence-electron chi connectivity index (χ2n) is 17.0. The van der Waals surface area contributed by atoms with Crippen LogP contribution in [0.4, 0.5) is 4.79 Å². The summed E-state index contributed by atoms with van der Waals surface area (Å²) in [5.74, 6) is -4.21. The van der Waals surface area contributed by atoms with Crippen LogP contribution in [-0.2, 0) is 56.0 Å². The van der Waals surface area contributed by atoms with Gasteiger partial charge in [-0.05, 0) is 54.6 Å². The number of nitrogens with one attached hydrogen (secondary N) is 1. The van der Waals surface area contributed by atoms with Crippen molar-refractivity contribution in [2.24, 2.45) is 17.8 Å². The Kier molecular flexibility index (Phi) is 15.7. The van der Waals surface area contributed by atoms with E-state index in [0.717, 1.165) is 16.0 Å². The Morgan fingerprint density at radius 2 is 1.36 bits per heavy atom. The number of likely N-dealkylation sites (N-methyl/N-ethyl adjacent to an activating group) is 1. The molecule has 3 aliphatic heterocycles. The van der Waals surface area contributed by atoms with Crippen LogP contribution in [-0.4, -0.2) is 125 Å². The highest BCUT2D eigenvalue weighted by Crippen LogP contribution is 2.30. The zero-order valence-electron chi connectivity index (χ0n) is 36.6. The van der Waals surface area contributed by atoms with Crippen molar-refractivity contribution in [1.29, 1.82) is 0 Å². The molecule has 15 heteroatoms. The standard InChI is InChI=1S/C46H61N5O10/c1-28(2)38(47-46(58)60-27-32-19-13-10-14-20-32)42(54)48(7)39(29(3)4)43(55)49-23-15-21-33(49)41(53)50-24-16-22-34(50)45(57)61-40(30(5)6)44(56)51-35(36(59-8)26-37(51)52)25-31-17-11-9-12-18-31/h9-14,17-20,26,28-30,33-35,38-40H,15-16,21-25,27H2,1-8H3,(H,47,58)/t33-,34-,35-,38-,39-,40-/m0/s1. The van der Waals surface area contributed by atoms with Crippen LogP contribution in [0.25, 0.3) is 0 Å². The van der Waals surface area contributed by atoms with Crippen LogP contribution >= 0.6 is 0 Å². The summed E-state index contributed by atoms with van der Waals surface area (Å²) in [4.78, 5) is 102. The fraction of sp³-hybridized carbons (Fsp3) is 0.543. The number of methoxy groups -OCH3 is 1. The number of hydrogen-bond donors (Lipinski definition) is 1. The van der Waals surface area contributed by atoms with Gasteiger partial charge in [-0.25, -0.2) is 9.59 Å². The molecule has 3 aliphatic rings. The molecule has 0 aromatic heterocycles. The fourth-order valence-corrected chi connectivity index (χ4v) is 8.45. The van der Waals surface area contributed by atoms with Gasteiger partial charge >= 0.3 is 12.1 Å². The first kappa shape index (κ1) is 46.3. The van der Waals surface area contributed by atoms with E-state index in [4.69, 9.17) is 14.2 Å². The summed E-state index contributed by atoms with van der Waals surface area (Å²) in [7, 11) is 2.96. The summed E-state index contributed by atoms with van der Waals surface area (Å²) in [5, 5.41) is 2.68. The van der Waals surface area contributed by atoms with Crippen LogP contribution in [0.15, 0.2) is 72.5 Å². The molecule has 2 fully saturated rings. The highest BCUT2D eigenvalue weighted by Gasteiger charge is 2.48. The van der Waals surface area contributed by atoms with E-state index in [2.05, 4.69) is 5.32 Å². The maximum atomic E-state index is 14.5. The summed E-state index contributed by atoms with van der Waals surface area (Å²) in [5.41, 5.74) is 1.67. The molecular formula is C46H61N5O10. The van der Waals surface area contributed by atoms with Crippen molar-refractivity contribution in [2.75, 3.05) is 27.2 Å². The summed E-state index contributed by atoms with van der Waals surface area (Å²) >= 11 is 0. The molecule has 5 rings (SSSR count). The van der Waals surface area contributed by atoms with Crippen LogP contribution in [0.1, 0.15) is 78.4 Å². The van der Waals surface area contributed by atoms with Gasteiger partial charge in [-0.15, -0.1) is 0 Å². The molecule has 15 nitrogen and oxygen atoms in total. The van der Waals surface area contributed by atoms with Crippen molar-refractivity contribution in [2.45, 2.75) is 117 Å². The third kappa shape index (κ3) is 10.8. The molecule has 0 unspecified atom stereocenters. The van der Waals surface area contributed by atoms with Crippen LogP contribution < -0.4 is 5.32 Å². The van der Waals surface area contributed by atoms with Gasteiger partial charge in [-0.1, -0.05) is 102 Å². The molecule has 0 bridgehead atoms. The van der Waals surface area contributed by atoms with Gasteiger partial charge in [0.25, 0.3) is 11.8 Å². The van der Waals surface area contributed by atoms with Gasteiger partial charge in [0.15, 0.2) is 6.10 Å². The van der Waals surface area contributed by atoms with Crippen LogP contribution in [0.5, 0.6) is 0 Å². The summed E-state index contributed by atoms with van der Waals surface area (Å²) in [6, 6.07) is 13.9. The van der Waals surface area contributed by atoms with Gasteiger partial charge in [-0.2, -0.15) is 0 Å². The lowest BCUT2D eigenvalue weighted by atomic mass is 9.97. The molecule has 6 atom stereocenters. The SMILES string of the molecule is COC1=CC(=O)N(C(=O)[C@@H](OC(=O)[C@@H]2CCCN2C(=O)[C@@H]2CCCN2C(=O)[C@H](C(C)C)N(C)C(=O)[C@@H](NC(=O)OCc2ccccc2)C(C)C)C(C)C)[C@H]1Cc1ccccc1. The minimum Gasteiger partial charge on any atom is -0.499 e. The molecule has 2 aromatic rings. The van der Waals surface area contributed by atoms with Crippen molar-refractivity contribution in [3.63, 3.8) is 0 Å². The topological polar surface area (TPSA) is 172 Å². The Hall–Kier alpha value is -5.73. The number of rotatable bonds is 16. The average Bonchev–Trinajstić information content (AvgIpc) is 4.00. The molecule has 330 valence electrons. The molecule has 2 saturated heterocycles. The second-order valence-corrected chi connectivity index (χ2v) is 17.0. The first-order chi connectivity index (χ1) is 29.0. The second kappa shape index (κ2) is 20.7. The molecule has 2 aromatic carbocycles. The van der Waals surface area contributed by atoms with Crippen molar-refractivity contribution in [1.82, 2.24) is 24.9 Å². The van der Waals surface area contributed by atoms with Gasteiger partial charge in [0, 0.05) is 32.6 Å². The van der Waals surface area contributed by atoms with Crippen molar-refractivity contribution < 1.29 is 47.8 Å². The molecule has 0 saturated carbocycles. The molecular weight excluding hydrogens is 783 g/mol. The zero-order chi connectivity index (χ0) is 44.5. The lowest BCUT2D eigenvalue weighted by molar-refractivity contribution is -0.170. The number of hydrogen-bond acceptors (Lipinski definition) is 10. The molecule has 3 heterocycles. The van der Waals surface area contributed by atoms with Gasteiger partial charge in [0.05, 0.1) is 7.11 Å². The minimum atomic E-state index is -1.32. The Bertz CT molecular complexity index is 1940. The predicted molar refractivity (Wildman–Crippen MR) is 225 cm³/mol. The van der Waals surface area contributed by atoms with Gasteiger partial charge in [0.1, 0.15) is 42.6 Å². The number of amides is 6. The Morgan fingerprint density at radius 1 is 0.770 bits per heavy atom. The fourth-order valence-electron chi connectivity index (χ4n) is 8.45. The van der Waals surface area contributed by atoms with E-state index in [1.165, 1.54) is 34.9 Å². The van der Waals surface area contributed by atoms with E-state index in [1.807, 2.05) is 74.5 Å². The van der Waals surface area contributed by atoms with Gasteiger partial charge < -0.3 is 34.2 Å². The predicted octanol–water partition coefficient (Wildman–Crippen LogP) is 4.48. The number of carbonyl (C=O) groups is 7. The zero-order valence-corrected chi connectivity index (χ0v) is 36.6. The monoisotopic (exact) mass is 843 g/mol. The summed E-state index contributed by atoms with van der Waals surface area (Å²) < 4.78 is 16.8. The average molecular weight is 844 g/mol. The quantitative estimate of drug-likeness (QED) is 0.238. The number of benzene rings is 2. The Labute approximate surface area is 358 Å². The normalized spacial score (nSPS) is 20.4. The van der Waals surface area contributed by atoms with Gasteiger partial charge in [-0.3, -0.25) is 28.9 Å². The number of likely N-dealkylation sites (tertiary alicyclic amines) is 2. The van der Waals surface area contributed by atoms with Crippen molar-refractivity contribution in [3.05, 3.63) is 83.6 Å². The van der Waals surface area contributed by atoms with Crippen LogP contribution in [0, 0.1) is 17.8 Å². The van der Waals surface area contributed by atoms with E-state index < -0.39 is 83.8 Å². The number of carbonyl (C=O) groups excluding carboxylic acids is 7. The molecule has 0 spiro atoms. The van der Waals surface area contributed by atoms with Crippen LogP contribution in [0.3, 0.4) is 0 Å². The highest BCUT2D eigenvalue weighted by molar-refractivity contribution is 6.06. The number of esters is 1. The Balaban J connectivity index is 1.26. The largest absolute Gasteiger partial charge is 0.499 e. The first-order valence-corrected chi connectivity index (χ1v) is 21.3. The molecule has 0 radical (unpaired) electrons. The maximum Gasteiger partial charge on any atom is 0.408 e. The maximum absolute atomic E-state index is 14.5. The van der Waals surface area contributed by atoms with E-state index in [9.17, 15) is 33.6 Å². The first-order valence-electron chi connectivity index (χ1n) is 21.3. The van der Waals surface area contributed by atoms with Crippen molar-refractivity contribution in [3.8, 4) is 0 Å². The number of imide groups is 1. The third-order valence-corrected chi connectivity index (χ3v) is 11.7. The smallest absolute Gasteiger partial charge is 0.408 e. The van der Waals surface area contributed by atoms with E-state index in [-0.39, 0.29) is 31.5 Å². The lowest BCUT2D eigenvalue weighted by Gasteiger charge is -2.38. The third-order valence-electron chi connectivity index (χ3n) is 11.7. The highest BCUT2D eigenvalue weighted by atomic mass is 16.6. The minimum absolute atomic E-state index is 0.0214. The number of nitrogens with zero attached hydrogens (tertiary/aromatic N) is 4. The van der Waals surface area contributed by atoms with Crippen molar-refractivity contribution >= 4 is 41.6 Å². The lowest BCUT2D eigenvalue weighted by Crippen LogP contribution is -2.60. The summed E-state index contributed by atoms with van der Waals surface area (Å²) in [6.07, 6.45) is 1.18. The molecule has 0 aliphatic carbocycles. The molecule has 6 amide bonds. The van der Waals surface area contributed by atoms with E-state index in [1.54, 1.807) is 27.7 Å². The number of alkyl carbamates (subject to hydrolysis) is 1. The Morgan fingerprint density at radius 3 is 1.93 bits per heavy atom. The molecule has 61 heavy (non-hydrogen) atoms. The van der Waals surface area contributed by atoms with Crippen LogP contribution in [0.2, 0.25) is 0 Å². The van der Waals surface area contributed by atoms with E-state index in [0.29, 0.717) is 37.9 Å². The summed E-state index contributed by atoms with van der Waals surface area (Å²) in [6.45, 7) is 11.2. The van der Waals surface area contributed by atoms with E-state index >= 15 is 0 Å². The number of ether oxygens (including phenoxy) is 3. The van der Waals surface area contributed by atoms with Gasteiger partial charge in [0.2, 0.25) is 17.7 Å². The molecule has 1 N–H and O–H groups in total.